The third kappa shape index (κ3) is 1.42. The van der Waals surface area contributed by atoms with Crippen LogP contribution in [0.5, 0.6) is 23.0 Å². The molecule has 0 spiro atoms. The van der Waals surface area contributed by atoms with E-state index in [0.29, 0.717) is 10.8 Å². The Morgan fingerprint density at radius 3 is 1.30 bits per heavy atom. The summed E-state index contributed by atoms with van der Waals surface area (Å²) in [6.45, 7) is 3.61. The maximum atomic E-state index is 10.1. The average molecular weight is 270 g/mol. The Kier molecular flexibility index (Phi) is 2.44. The van der Waals surface area contributed by atoms with E-state index >= 15 is 0 Å². The van der Waals surface area contributed by atoms with Crippen molar-refractivity contribution in [2.24, 2.45) is 0 Å². The summed E-state index contributed by atoms with van der Waals surface area (Å²) in [7, 11) is 0. The fraction of sp³-hybridized carbons (Fsp3) is 0.125. The highest BCUT2D eigenvalue weighted by Crippen LogP contribution is 2.45. The number of hydrogen-bond acceptors (Lipinski definition) is 4. The van der Waals surface area contributed by atoms with Crippen molar-refractivity contribution in [2.75, 3.05) is 0 Å². The van der Waals surface area contributed by atoms with Crippen LogP contribution in [0.15, 0.2) is 24.3 Å². The SMILES string of the molecule is Cc1c2ccc(O)c(O)c2c(C)c2ccc(O)c(O)c12. The molecule has 0 bridgehead atoms. The van der Waals surface area contributed by atoms with Gasteiger partial charge in [0.2, 0.25) is 0 Å². The zero-order valence-electron chi connectivity index (χ0n) is 11.1. The summed E-state index contributed by atoms with van der Waals surface area (Å²) in [5.74, 6) is -0.695. The Morgan fingerprint density at radius 1 is 0.600 bits per heavy atom. The molecule has 102 valence electrons. The Hall–Kier alpha value is -2.62. The summed E-state index contributed by atoms with van der Waals surface area (Å²) >= 11 is 0. The van der Waals surface area contributed by atoms with E-state index in [-0.39, 0.29) is 23.0 Å². The summed E-state index contributed by atoms with van der Waals surface area (Å²) in [4.78, 5) is 0. The van der Waals surface area contributed by atoms with E-state index in [4.69, 9.17) is 0 Å². The third-order valence-corrected chi connectivity index (χ3v) is 3.87. The van der Waals surface area contributed by atoms with Crippen LogP contribution in [0.25, 0.3) is 21.5 Å². The van der Waals surface area contributed by atoms with Gasteiger partial charge in [-0.1, -0.05) is 12.1 Å². The number of phenols is 4. The van der Waals surface area contributed by atoms with E-state index < -0.39 is 0 Å². The van der Waals surface area contributed by atoms with Gasteiger partial charge in [0.1, 0.15) is 0 Å². The van der Waals surface area contributed by atoms with Gasteiger partial charge < -0.3 is 20.4 Å². The molecule has 4 heteroatoms. The molecule has 0 saturated carbocycles. The maximum Gasteiger partial charge on any atom is 0.165 e. The minimum absolute atomic E-state index is 0.169. The van der Waals surface area contributed by atoms with Crippen LogP contribution in [0.2, 0.25) is 0 Å². The Morgan fingerprint density at radius 2 is 0.950 bits per heavy atom. The Bertz CT molecular complexity index is 792. The predicted molar refractivity (Wildman–Crippen MR) is 77.6 cm³/mol. The first kappa shape index (κ1) is 12.4. The Labute approximate surface area is 115 Å². The normalized spacial score (nSPS) is 11.3. The van der Waals surface area contributed by atoms with Crippen LogP contribution in [-0.2, 0) is 0 Å². The summed E-state index contributed by atoms with van der Waals surface area (Å²) in [6, 6.07) is 6.21. The molecule has 0 fully saturated rings. The van der Waals surface area contributed by atoms with Gasteiger partial charge in [-0.15, -0.1) is 0 Å². The fourth-order valence-electron chi connectivity index (χ4n) is 2.81. The molecule has 0 aromatic heterocycles. The smallest absolute Gasteiger partial charge is 0.165 e. The second kappa shape index (κ2) is 3.93. The first-order valence-electron chi connectivity index (χ1n) is 6.22. The van der Waals surface area contributed by atoms with Crippen LogP contribution in [0.4, 0.5) is 0 Å². The van der Waals surface area contributed by atoms with Gasteiger partial charge in [-0.2, -0.15) is 0 Å². The first-order chi connectivity index (χ1) is 9.43. The standard InChI is InChI=1S/C16H14O4/c1-7-9-3-5-12(18)16(20)14(9)8(2)10-4-6-11(17)15(19)13(7)10/h3-6,17-20H,1-2H3. The molecule has 4 nitrogen and oxygen atoms in total. The quantitative estimate of drug-likeness (QED) is 0.372. The van der Waals surface area contributed by atoms with Gasteiger partial charge in [-0.25, -0.2) is 0 Å². The maximum absolute atomic E-state index is 10.1. The summed E-state index contributed by atoms with van der Waals surface area (Å²) in [5.41, 5.74) is 1.48. The lowest BCUT2D eigenvalue weighted by molar-refractivity contribution is 0.407. The zero-order chi connectivity index (χ0) is 14.6. The molecule has 3 rings (SSSR count). The van der Waals surface area contributed by atoms with Gasteiger partial charge in [0.15, 0.2) is 23.0 Å². The minimum atomic E-state index is -0.178. The van der Waals surface area contributed by atoms with Gasteiger partial charge in [-0.05, 0) is 47.9 Å². The molecule has 0 aliphatic heterocycles. The number of rotatable bonds is 0. The molecule has 0 heterocycles. The van der Waals surface area contributed by atoms with E-state index in [1.165, 1.54) is 12.1 Å². The summed E-state index contributed by atoms with van der Waals surface area (Å²) < 4.78 is 0. The summed E-state index contributed by atoms with van der Waals surface area (Å²) in [5, 5.41) is 42.1. The van der Waals surface area contributed by atoms with Crippen molar-refractivity contribution >= 4 is 21.5 Å². The van der Waals surface area contributed by atoms with E-state index in [9.17, 15) is 20.4 Å². The number of phenolic OH excluding ortho intramolecular Hbond substituents is 4. The Balaban J connectivity index is 2.68. The number of aromatic hydroxyl groups is 4. The zero-order valence-corrected chi connectivity index (χ0v) is 11.1. The van der Waals surface area contributed by atoms with Gasteiger partial charge in [0.25, 0.3) is 0 Å². The lowest BCUT2D eigenvalue weighted by Crippen LogP contribution is -1.90. The number of aryl methyl sites for hydroxylation is 2. The fourth-order valence-corrected chi connectivity index (χ4v) is 2.81. The number of hydrogen-bond donors (Lipinski definition) is 4. The van der Waals surface area contributed by atoms with E-state index in [1.54, 1.807) is 26.0 Å². The molecule has 0 aliphatic rings. The minimum Gasteiger partial charge on any atom is -0.504 e. The van der Waals surface area contributed by atoms with Crippen molar-refractivity contribution in [3.8, 4) is 23.0 Å². The molecule has 0 aliphatic carbocycles. The monoisotopic (exact) mass is 270 g/mol. The topological polar surface area (TPSA) is 80.9 Å². The lowest BCUT2D eigenvalue weighted by Gasteiger charge is -2.15. The van der Waals surface area contributed by atoms with Gasteiger partial charge in [0, 0.05) is 10.8 Å². The molecule has 0 unspecified atom stereocenters. The molecule has 4 N–H and O–H groups in total. The molecule has 0 amide bonds. The third-order valence-electron chi connectivity index (χ3n) is 3.87. The molecule has 3 aromatic rings. The molecule has 0 radical (unpaired) electrons. The van der Waals surface area contributed by atoms with E-state index in [0.717, 1.165) is 21.9 Å². The van der Waals surface area contributed by atoms with Gasteiger partial charge in [-0.3, -0.25) is 0 Å². The van der Waals surface area contributed by atoms with Crippen molar-refractivity contribution in [1.82, 2.24) is 0 Å². The van der Waals surface area contributed by atoms with Crippen molar-refractivity contribution in [3.63, 3.8) is 0 Å². The van der Waals surface area contributed by atoms with Crippen LogP contribution in [0, 0.1) is 13.8 Å². The molecule has 20 heavy (non-hydrogen) atoms. The molecule has 3 aromatic carbocycles. The molecule has 0 saturated heterocycles. The lowest BCUT2D eigenvalue weighted by atomic mass is 9.91. The van der Waals surface area contributed by atoms with Crippen LogP contribution in [-0.4, -0.2) is 20.4 Å². The predicted octanol–water partition coefficient (Wildman–Crippen LogP) is 3.43. The van der Waals surface area contributed by atoms with Gasteiger partial charge in [0.05, 0.1) is 0 Å². The highest BCUT2D eigenvalue weighted by molar-refractivity contribution is 6.10. The second-order valence-electron chi connectivity index (χ2n) is 4.96. The highest BCUT2D eigenvalue weighted by atomic mass is 16.3. The van der Waals surface area contributed by atoms with Crippen molar-refractivity contribution in [2.45, 2.75) is 13.8 Å². The first-order valence-corrected chi connectivity index (χ1v) is 6.22. The van der Waals surface area contributed by atoms with Crippen LogP contribution in [0.1, 0.15) is 11.1 Å². The molecular formula is C16H14O4. The van der Waals surface area contributed by atoms with Crippen LogP contribution >= 0.6 is 0 Å². The van der Waals surface area contributed by atoms with Crippen molar-refractivity contribution < 1.29 is 20.4 Å². The van der Waals surface area contributed by atoms with Crippen molar-refractivity contribution in [3.05, 3.63) is 35.4 Å². The largest absolute Gasteiger partial charge is 0.504 e. The number of fused-ring (bicyclic) bond motifs is 2. The molecule has 0 atom stereocenters. The summed E-state index contributed by atoms with van der Waals surface area (Å²) in [6.07, 6.45) is 0. The van der Waals surface area contributed by atoms with Crippen LogP contribution in [0.3, 0.4) is 0 Å². The van der Waals surface area contributed by atoms with E-state index in [2.05, 4.69) is 0 Å². The van der Waals surface area contributed by atoms with E-state index in [1.807, 2.05) is 0 Å². The highest BCUT2D eigenvalue weighted by Gasteiger charge is 2.17. The number of benzene rings is 3. The second-order valence-corrected chi connectivity index (χ2v) is 4.96. The van der Waals surface area contributed by atoms with Crippen LogP contribution < -0.4 is 0 Å². The van der Waals surface area contributed by atoms with Gasteiger partial charge >= 0.3 is 0 Å². The van der Waals surface area contributed by atoms with Crippen molar-refractivity contribution in [1.29, 1.82) is 0 Å². The average Bonchev–Trinajstić information content (AvgIpc) is 2.42. The molecular weight excluding hydrogens is 256 g/mol.